The molecule has 2 rings (SSSR count). The average Bonchev–Trinajstić information content (AvgIpc) is 2.80. The Hall–Kier alpha value is -3.02. The van der Waals surface area contributed by atoms with Gasteiger partial charge < -0.3 is 20.4 Å². The second-order valence-corrected chi connectivity index (χ2v) is 7.57. The molecule has 0 radical (unpaired) electrons. The van der Waals surface area contributed by atoms with Crippen LogP contribution in [0.4, 0.5) is 21.0 Å². The Labute approximate surface area is 194 Å². The highest BCUT2D eigenvalue weighted by Gasteiger charge is 2.11. The van der Waals surface area contributed by atoms with E-state index in [4.69, 9.17) is 0 Å². The van der Waals surface area contributed by atoms with Crippen LogP contribution in [0, 0.1) is 0 Å². The minimum atomic E-state index is -0.00472. The minimum absolute atomic E-state index is 0.00472. The number of amides is 4. The normalized spacial score (nSPS) is 9.88. The molecule has 0 aliphatic rings. The number of urea groups is 2. The van der Waals surface area contributed by atoms with Gasteiger partial charge in [0.1, 0.15) is 0 Å². The molecule has 6 heteroatoms. The third kappa shape index (κ3) is 10.8. The third-order valence-corrected chi connectivity index (χ3v) is 4.60. The van der Waals surface area contributed by atoms with Crippen molar-refractivity contribution in [2.45, 2.75) is 53.4 Å². The first-order valence-electron chi connectivity index (χ1n) is 11.8. The van der Waals surface area contributed by atoms with Crippen LogP contribution in [-0.2, 0) is 0 Å². The lowest BCUT2D eigenvalue weighted by Gasteiger charge is -2.21. The quantitative estimate of drug-likeness (QED) is 0.433. The number of anilines is 2. The number of hydrogen-bond donors (Lipinski definition) is 2. The maximum Gasteiger partial charge on any atom is 0.321 e. The molecule has 2 aromatic carbocycles. The summed E-state index contributed by atoms with van der Waals surface area (Å²) in [7, 11) is 0. The van der Waals surface area contributed by atoms with Crippen LogP contribution in [0.25, 0.3) is 0 Å². The Bertz CT molecular complexity index is 675. The maximum atomic E-state index is 11.9. The Balaban J connectivity index is 0.000000320. The standard InChI is InChI=1S/2C13H20N2O/c2*1-3-10-15(11-4-2)13(16)14-12-8-6-5-7-9-12/h2*5-9H,3-4,10-11H2,1-2H3,(H,14,16). The lowest BCUT2D eigenvalue weighted by molar-refractivity contribution is 0.211. The van der Waals surface area contributed by atoms with E-state index in [9.17, 15) is 9.59 Å². The van der Waals surface area contributed by atoms with Gasteiger partial charge >= 0.3 is 12.1 Å². The van der Waals surface area contributed by atoms with Gasteiger partial charge in [-0.1, -0.05) is 64.1 Å². The van der Waals surface area contributed by atoms with Crippen molar-refractivity contribution in [3.8, 4) is 0 Å². The summed E-state index contributed by atoms with van der Waals surface area (Å²) in [5.74, 6) is 0. The fourth-order valence-corrected chi connectivity index (χ4v) is 3.16. The number of hydrogen-bond acceptors (Lipinski definition) is 2. The van der Waals surface area contributed by atoms with Gasteiger partial charge in [0.25, 0.3) is 0 Å². The molecule has 0 saturated carbocycles. The highest BCUT2D eigenvalue weighted by Crippen LogP contribution is 2.08. The maximum absolute atomic E-state index is 11.9. The van der Waals surface area contributed by atoms with Gasteiger partial charge in [0.2, 0.25) is 0 Å². The number of carbonyl (C=O) groups excluding carboxylic acids is 2. The molecule has 32 heavy (non-hydrogen) atoms. The molecule has 0 heterocycles. The van der Waals surface area contributed by atoms with Gasteiger partial charge in [-0.3, -0.25) is 0 Å². The van der Waals surface area contributed by atoms with Gasteiger partial charge in [-0.2, -0.15) is 0 Å². The van der Waals surface area contributed by atoms with E-state index in [1.807, 2.05) is 70.5 Å². The van der Waals surface area contributed by atoms with Crippen molar-refractivity contribution in [3.63, 3.8) is 0 Å². The Morgan fingerprint density at radius 2 is 0.844 bits per heavy atom. The molecule has 0 spiro atoms. The summed E-state index contributed by atoms with van der Waals surface area (Å²) >= 11 is 0. The summed E-state index contributed by atoms with van der Waals surface area (Å²) in [5, 5.41) is 5.80. The zero-order valence-corrected chi connectivity index (χ0v) is 20.1. The fraction of sp³-hybridized carbons (Fsp3) is 0.462. The van der Waals surface area contributed by atoms with E-state index in [0.29, 0.717) is 0 Å². The van der Waals surface area contributed by atoms with Crippen LogP contribution in [0.2, 0.25) is 0 Å². The molecule has 0 unspecified atom stereocenters. The second kappa shape index (κ2) is 16.6. The molecule has 176 valence electrons. The molecule has 0 atom stereocenters. The van der Waals surface area contributed by atoms with Gasteiger partial charge in [0, 0.05) is 37.6 Å². The summed E-state index contributed by atoms with van der Waals surface area (Å²) in [6, 6.07) is 19.1. The molecule has 0 saturated heterocycles. The molecule has 4 amide bonds. The lowest BCUT2D eigenvalue weighted by Crippen LogP contribution is -2.36. The zero-order chi connectivity index (χ0) is 23.6. The van der Waals surface area contributed by atoms with E-state index in [-0.39, 0.29) is 12.1 Å². The van der Waals surface area contributed by atoms with Crippen LogP contribution in [-0.4, -0.2) is 48.0 Å². The van der Waals surface area contributed by atoms with Crippen LogP contribution in [0.3, 0.4) is 0 Å². The van der Waals surface area contributed by atoms with Crippen molar-refractivity contribution in [1.82, 2.24) is 9.80 Å². The third-order valence-electron chi connectivity index (χ3n) is 4.60. The van der Waals surface area contributed by atoms with E-state index in [0.717, 1.165) is 63.2 Å². The van der Waals surface area contributed by atoms with Crippen LogP contribution in [0.1, 0.15) is 53.4 Å². The van der Waals surface area contributed by atoms with E-state index in [1.54, 1.807) is 0 Å². The summed E-state index contributed by atoms with van der Waals surface area (Å²) in [5.41, 5.74) is 1.70. The van der Waals surface area contributed by atoms with Gasteiger partial charge in [0.05, 0.1) is 0 Å². The zero-order valence-electron chi connectivity index (χ0n) is 20.1. The monoisotopic (exact) mass is 440 g/mol. The van der Waals surface area contributed by atoms with Crippen molar-refractivity contribution in [2.75, 3.05) is 36.8 Å². The summed E-state index contributed by atoms with van der Waals surface area (Å²) in [6.07, 6.45) is 3.95. The van der Waals surface area contributed by atoms with E-state index in [2.05, 4.69) is 38.3 Å². The number of carbonyl (C=O) groups is 2. The van der Waals surface area contributed by atoms with Gasteiger partial charge in [-0.15, -0.1) is 0 Å². The highest BCUT2D eigenvalue weighted by molar-refractivity contribution is 5.89. The Morgan fingerprint density at radius 1 is 0.562 bits per heavy atom. The van der Waals surface area contributed by atoms with Gasteiger partial charge in [-0.05, 0) is 49.9 Å². The SMILES string of the molecule is CCCN(CCC)C(=O)Nc1ccccc1.CCCN(CCC)C(=O)Nc1ccccc1. The van der Waals surface area contributed by atoms with Crippen LogP contribution >= 0.6 is 0 Å². The first-order valence-corrected chi connectivity index (χ1v) is 11.8. The number of rotatable bonds is 10. The molecule has 2 aromatic rings. The fourth-order valence-electron chi connectivity index (χ4n) is 3.16. The molecule has 0 bridgehead atoms. The molecule has 0 aliphatic heterocycles. The minimum Gasteiger partial charge on any atom is -0.325 e. The van der Waals surface area contributed by atoms with Crippen LogP contribution in [0.15, 0.2) is 60.7 Å². The van der Waals surface area contributed by atoms with E-state index >= 15 is 0 Å². The van der Waals surface area contributed by atoms with E-state index in [1.165, 1.54) is 0 Å². The Morgan fingerprint density at radius 3 is 1.09 bits per heavy atom. The molecule has 2 N–H and O–H groups in total. The van der Waals surface area contributed by atoms with Crippen molar-refractivity contribution in [3.05, 3.63) is 60.7 Å². The number of para-hydroxylation sites is 2. The van der Waals surface area contributed by atoms with Crippen molar-refractivity contribution in [1.29, 1.82) is 0 Å². The van der Waals surface area contributed by atoms with Crippen molar-refractivity contribution in [2.24, 2.45) is 0 Å². The first-order chi connectivity index (χ1) is 15.5. The average molecular weight is 441 g/mol. The van der Waals surface area contributed by atoms with Crippen molar-refractivity contribution >= 4 is 23.4 Å². The highest BCUT2D eigenvalue weighted by atomic mass is 16.2. The number of nitrogens with zero attached hydrogens (tertiary/aromatic N) is 2. The predicted octanol–water partition coefficient (Wildman–Crippen LogP) is 6.68. The molecule has 6 nitrogen and oxygen atoms in total. The molecular weight excluding hydrogens is 400 g/mol. The molecular formula is C26H40N4O2. The predicted molar refractivity (Wildman–Crippen MR) is 135 cm³/mol. The topological polar surface area (TPSA) is 64.7 Å². The summed E-state index contributed by atoms with van der Waals surface area (Å²) in [6.45, 7) is 11.6. The smallest absolute Gasteiger partial charge is 0.321 e. The van der Waals surface area contributed by atoms with E-state index < -0.39 is 0 Å². The van der Waals surface area contributed by atoms with Crippen LogP contribution in [0.5, 0.6) is 0 Å². The Kier molecular flexibility index (Phi) is 14.1. The van der Waals surface area contributed by atoms with Gasteiger partial charge in [-0.25, -0.2) is 9.59 Å². The number of nitrogens with one attached hydrogen (secondary N) is 2. The summed E-state index contributed by atoms with van der Waals surface area (Å²) < 4.78 is 0. The second-order valence-electron chi connectivity index (χ2n) is 7.57. The number of benzene rings is 2. The first kappa shape index (κ1) is 27.0. The van der Waals surface area contributed by atoms with Gasteiger partial charge in [0.15, 0.2) is 0 Å². The molecule has 0 aromatic heterocycles. The van der Waals surface area contributed by atoms with Crippen molar-refractivity contribution < 1.29 is 9.59 Å². The largest absolute Gasteiger partial charge is 0.325 e. The summed E-state index contributed by atoms with van der Waals surface area (Å²) in [4.78, 5) is 27.5. The lowest BCUT2D eigenvalue weighted by atomic mass is 10.3. The molecule has 0 fully saturated rings. The van der Waals surface area contributed by atoms with Crippen LogP contribution < -0.4 is 10.6 Å². The molecule has 0 aliphatic carbocycles.